The SMILES string of the molecule is COc1cccc([C@]2(C)CNC[C@H](C)C2)c1. The number of hydrogen-bond donors (Lipinski definition) is 1. The molecule has 1 fully saturated rings. The Bertz CT molecular complexity index is 364. The van der Waals surface area contributed by atoms with Crippen LogP contribution >= 0.6 is 0 Å². The Morgan fingerprint density at radius 1 is 1.44 bits per heavy atom. The molecule has 1 aromatic carbocycles. The summed E-state index contributed by atoms with van der Waals surface area (Å²) in [6.07, 6.45) is 1.24. The first kappa shape index (κ1) is 11.5. The maximum Gasteiger partial charge on any atom is 0.119 e. The van der Waals surface area contributed by atoms with Gasteiger partial charge in [-0.25, -0.2) is 0 Å². The van der Waals surface area contributed by atoms with Crippen molar-refractivity contribution in [1.29, 1.82) is 0 Å². The van der Waals surface area contributed by atoms with Crippen molar-refractivity contribution in [3.05, 3.63) is 29.8 Å². The van der Waals surface area contributed by atoms with Crippen LogP contribution in [-0.4, -0.2) is 20.2 Å². The summed E-state index contributed by atoms with van der Waals surface area (Å²) in [7, 11) is 1.73. The van der Waals surface area contributed by atoms with Crippen LogP contribution in [0.15, 0.2) is 24.3 Å². The van der Waals surface area contributed by atoms with Crippen LogP contribution in [-0.2, 0) is 5.41 Å². The van der Waals surface area contributed by atoms with E-state index in [0.29, 0.717) is 0 Å². The standard InChI is InChI=1S/C14H21NO/c1-11-8-14(2,10-15-9-11)12-5-4-6-13(7-12)16-3/h4-7,11,15H,8-10H2,1-3H3/t11-,14+/m1/s1. The predicted octanol–water partition coefficient (Wildman–Crippen LogP) is 2.58. The molecule has 2 atom stereocenters. The average molecular weight is 219 g/mol. The van der Waals surface area contributed by atoms with Crippen LogP contribution in [0.25, 0.3) is 0 Å². The molecule has 0 bridgehead atoms. The van der Waals surface area contributed by atoms with E-state index in [0.717, 1.165) is 24.8 Å². The van der Waals surface area contributed by atoms with E-state index in [1.54, 1.807) is 7.11 Å². The van der Waals surface area contributed by atoms with E-state index in [9.17, 15) is 0 Å². The number of nitrogens with one attached hydrogen (secondary N) is 1. The Morgan fingerprint density at radius 2 is 2.25 bits per heavy atom. The van der Waals surface area contributed by atoms with E-state index in [1.807, 2.05) is 6.07 Å². The topological polar surface area (TPSA) is 21.3 Å². The minimum absolute atomic E-state index is 0.242. The lowest BCUT2D eigenvalue weighted by atomic mass is 9.73. The number of piperidine rings is 1. The summed E-state index contributed by atoms with van der Waals surface area (Å²) >= 11 is 0. The quantitative estimate of drug-likeness (QED) is 0.825. The fourth-order valence-corrected chi connectivity index (χ4v) is 2.73. The Morgan fingerprint density at radius 3 is 2.94 bits per heavy atom. The molecule has 2 heteroatoms. The molecular formula is C14H21NO. The zero-order valence-electron chi connectivity index (χ0n) is 10.4. The zero-order chi connectivity index (χ0) is 11.6. The van der Waals surface area contributed by atoms with Crippen molar-refractivity contribution in [1.82, 2.24) is 5.32 Å². The summed E-state index contributed by atoms with van der Waals surface area (Å²) in [5.74, 6) is 1.70. The van der Waals surface area contributed by atoms with E-state index in [2.05, 4.69) is 37.4 Å². The first-order chi connectivity index (χ1) is 7.64. The minimum atomic E-state index is 0.242. The van der Waals surface area contributed by atoms with Crippen LogP contribution in [0.4, 0.5) is 0 Å². The highest BCUT2D eigenvalue weighted by Gasteiger charge is 2.31. The highest BCUT2D eigenvalue weighted by atomic mass is 16.5. The van der Waals surface area contributed by atoms with Crippen LogP contribution in [0.2, 0.25) is 0 Å². The van der Waals surface area contributed by atoms with Crippen molar-refractivity contribution in [2.45, 2.75) is 25.7 Å². The van der Waals surface area contributed by atoms with Gasteiger partial charge < -0.3 is 10.1 Å². The molecule has 0 aromatic heterocycles. The number of rotatable bonds is 2. The van der Waals surface area contributed by atoms with Gasteiger partial charge in [-0.3, -0.25) is 0 Å². The summed E-state index contributed by atoms with van der Waals surface area (Å²) < 4.78 is 5.30. The molecule has 0 spiro atoms. The Labute approximate surface area is 98.0 Å². The number of hydrogen-bond acceptors (Lipinski definition) is 2. The second-order valence-electron chi connectivity index (χ2n) is 5.23. The van der Waals surface area contributed by atoms with Crippen molar-refractivity contribution in [2.75, 3.05) is 20.2 Å². The van der Waals surface area contributed by atoms with E-state index < -0.39 is 0 Å². The lowest BCUT2D eigenvalue weighted by Crippen LogP contribution is -2.44. The maximum absolute atomic E-state index is 5.30. The van der Waals surface area contributed by atoms with Gasteiger partial charge in [0.15, 0.2) is 0 Å². The molecular weight excluding hydrogens is 198 g/mol. The normalized spacial score (nSPS) is 30.1. The van der Waals surface area contributed by atoms with E-state index in [1.165, 1.54) is 12.0 Å². The highest BCUT2D eigenvalue weighted by molar-refractivity contribution is 5.34. The summed E-state index contributed by atoms with van der Waals surface area (Å²) in [6.45, 7) is 6.85. The highest BCUT2D eigenvalue weighted by Crippen LogP contribution is 2.34. The summed E-state index contributed by atoms with van der Waals surface area (Å²) in [4.78, 5) is 0. The molecule has 16 heavy (non-hydrogen) atoms. The Hall–Kier alpha value is -1.02. The van der Waals surface area contributed by atoms with Crippen LogP contribution < -0.4 is 10.1 Å². The molecule has 0 amide bonds. The average Bonchev–Trinajstić information content (AvgIpc) is 2.29. The Kier molecular flexibility index (Phi) is 3.20. The lowest BCUT2D eigenvalue weighted by molar-refractivity contribution is 0.271. The molecule has 1 aliphatic rings. The van der Waals surface area contributed by atoms with Crippen molar-refractivity contribution >= 4 is 0 Å². The predicted molar refractivity (Wildman–Crippen MR) is 67.0 cm³/mol. The van der Waals surface area contributed by atoms with Gasteiger partial charge in [0.25, 0.3) is 0 Å². The maximum atomic E-state index is 5.30. The number of methoxy groups -OCH3 is 1. The molecule has 0 unspecified atom stereocenters. The van der Waals surface area contributed by atoms with Gasteiger partial charge in [0, 0.05) is 12.0 Å². The third kappa shape index (κ3) is 2.22. The first-order valence-electron chi connectivity index (χ1n) is 5.99. The molecule has 2 nitrogen and oxygen atoms in total. The summed E-state index contributed by atoms with van der Waals surface area (Å²) in [5, 5.41) is 3.52. The van der Waals surface area contributed by atoms with E-state index >= 15 is 0 Å². The monoisotopic (exact) mass is 219 g/mol. The van der Waals surface area contributed by atoms with Gasteiger partial charge in [-0.15, -0.1) is 0 Å². The molecule has 1 aromatic rings. The van der Waals surface area contributed by atoms with Gasteiger partial charge in [0.05, 0.1) is 7.11 Å². The molecule has 0 saturated carbocycles. The van der Waals surface area contributed by atoms with Gasteiger partial charge in [-0.05, 0) is 36.6 Å². The van der Waals surface area contributed by atoms with Crippen molar-refractivity contribution in [2.24, 2.45) is 5.92 Å². The molecule has 1 heterocycles. The van der Waals surface area contributed by atoms with Crippen molar-refractivity contribution in [3.8, 4) is 5.75 Å². The third-order valence-corrected chi connectivity index (χ3v) is 3.57. The van der Waals surface area contributed by atoms with Crippen LogP contribution in [0, 0.1) is 5.92 Å². The molecule has 0 radical (unpaired) electrons. The van der Waals surface area contributed by atoms with Gasteiger partial charge in [-0.1, -0.05) is 26.0 Å². The van der Waals surface area contributed by atoms with Crippen molar-refractivity contribution in [3.63, 3.8) is 0 Å². The van der Waals surface area contributed by atoms with E-state index in [-0.39, 0.29) is 5.41 Å². The molecule has 1 aliphatic heterocycles. The van der Waals surface area contributed by atoms with Crippen molar-refractivity contribution < 1.29 is 4.74 Å². The first-order valence-corrected chi connectivity index (χ1v) is 5.99. The summed E-state index contributed by atoms with van der Waals surface area (Å²) in [6, 6.07) is 8.47. The van der Waals surface area contributed by atoms with Gasteiger partial charge in [0.1, 0.15) is 5.75 Å². The smallest absolute Gasteiger partial charge is 0.119 e. The number of ether oxygens (including phenoxy) is 1. The lowest BCUT2D eigenvalue weighted by Gasteiger charge is -2.38. The van der Waals surface area contributed by atoms with Crippen LogP contribution in [0.5, 0.6) is 5.75 Å². The molecule has 2 rings (SSSR count). The molecule has 1 N–H and O–H groups in total. The van der Waals surface area contributed by atoms with Crippen LogP contribution in [0.3, 0.4) is 0 Å². The minimum Gasteiger partial charge on any atom is -0.497 e. The van der Waals surface area contributed by atoms with Gasteiger partial charge in [0.2, 0.25) is 0 Å². The van der Waals surface area contributed by atoms with Crippen LogP contribution in [0.1, 0.15) is 25.8 Å². The fraction of sp³-hybridized carbons (Fsp3) is 0.571. The largest absolute Gasteiger partial charge is 0.497 e. The Balaban J connectivity index is 2.27. The van der Waals surface area contributed by atoms with Gasteiger partial charge in [-0.2, -0.15) is 0 Å². The molecule has 1 saturated heterocycles. The fourth-order valence-electron chi connectivity index (χ4n) is 2.73. The second-order valence-corrected chi connectivity index (χ2v) is 5.23. The second kappa shape index (κ2) is 4.46. The number of benzene rings is 1. The van der Waals surface area contributed by atoms with Gasteiger partial charge >= 0.3 is 0 Å². The molecule has 0 aliphatic carbocycles. The zero-order valence-corrected chi connectivity index (χ0v) is 10.4. The third-order valence-electron chi connectivity index (χ3n) is 3.57. The van der Waals surface area contributed by atoms with E-state index in [4.69, 9.17) is 4.74 Å². The molecule has 88 valence electrons. The summed E-state index contributed by atoms with van der Waals surface area (Å²) in [5.41, 5.74) is 1.62.